The first-order valence-electron chi connectivity index (χ1n) is 5.53. The van der Waals surface area contributed by atoms with Crippen LogP contribution in [-0.4, -0.2) is 33.6 Å². The smallest absolute Gasteiger partial charge is 0.407 e. The highest BCUT2D eigenvalue weighted by Crippen LogP contribution is 2.36. The molecule has 0 aromatic heterocycles. The van der Waals surface area contributed by atoms with Crippen LogP contribution in [0.15, 0.2) is 0 Å². The third kappa shape index (κ3) is 3.06. The van der Waals surface area contributed by atoms with Gasteiger partial charge in [0.05, 0.1) is 0 Å². The Hall–Kier alpha value is -0.870. The van der Waals surface area contributed by atoms with Crippen LogP contribution in [0, 0.1) is 0 Å². The largest absolute Gasteiger partial charge is 0.465 e. The zero-order valence-electron chi connectivity index (χ0n) is 9.96. The van der Waals surface area contributed by atoms with Crippen molar-refractivity contribution in [1.29, 1.82) is 0 Å². The van der Waals surface area contributed by atoms with Gasteiger partial charge in [-0.2, -0.15) is 0 Å². The molecule has 1 rings (SSSR count). The summed E-state index contributed by atoms with van der Waals surface area (Å²) in [6, 6.07) is -0.280. The van der Waals surface area contributed by atoms with Gasteiger partial charge in [-0.1, -0.05) is 0 Å². The number of hydrogen-bond donors (Lipinski definition) is 1. The molecule has 1 N–H and O–H groups in total. The van der Waals surface area contributed by atoms with Crippen LogP contribution in [0.4, 0.5) is 13.6 Å². The summed E-state index contributed by atoms with van der Waals surface area (Å²) in [7, 11) is 0. The molecule has 1 fully saturated rings. The van der Waals surface area contributed by atoms with E-state index in [0.29, 0.717) is 0 Å². The Balaban J connectivity index is 2.73. The molecule has 1 aliphatic rings. The van der Waals surface area contributed by atoms with Gasteiger partial charge in [0, 0.05) is 24.4 Å². The van der Waals surface area contributed by atoms with Crippen LogP contribution >= 0.6 is 0 Å². The van der Waals surface area contributed by atoms with Gasteiger partial charge in [-0.15, -0.1) is 0 Å². The van der Waals surface area contributed by atoms with E-state index >= 15 is 0 Å². The molecule has 0 aromatic carbocycles. The minimum Gasteiger partial charge on any atom is -0.465 e. The second-order valence-electron chi connectivity index (χ2n) is 5.41. The second kappa shape index (κ2) is 4.18. The van der Waals surface area contributed by atoms with E-state index in [1.54, 1.807) is 20.8 Å². The molecule has 3 nitrogen and oxygen atoms in total. The lowest BCUT2D eigenvalue weighted by Gasteiger charge is -2.42. The molecular formula is C11H19F2NO2. The van der Waals surface area contributed by atoms with E-state index in [4.69, 9.17) is 5.11 Å². The van der Waals surface area contributed by atoms with Crippen molar-refractivity contribution >= 4 is 6.09 Å². The third-order valence-electron chi connectivity index (χ3n) is 2.98. The van der Waals surface area contributed by atoms with Crippen LogP contribution in [0.25, 0.3) is 0 Å². The summed E-state index contributed by atoms with van der Waals surface area (Å²) in [6.07, 6.45) is -0.954. The van der Waals surface area contributed by atoms with Crippen LogP contribution in [0.5, 0.6) is 0 Å². The van der Waals surface area contributed by atoms with Crippen molar-refractivity contribution in [1.82, 2.24) is 4.90 Å². The van der Waals surface area contributed by atoms with Crippen molar-refractivity contribution in [2.45, 2.75) is 64.0 Å². The van der Waals surface area contributed by atoms with Crippen molar-refractivity contribution in [3.8, 4) is 0 Å². The van der Waals surface area contributed by atoms with E-state index in [-0.39, 0.29) is 31.7 Å². The molecule has 1 aliphatic carbocycles. The molecule has 1 amide bonds. The Labute approximate surface area is 94.4 Å². The summed E-state index contributed by atoms with van der Waals surface area (Å²) in [5.74, 6) is -2.61. The molecule has 16 heavy (non-hydrogen) atoms. The SMILES string of the molecule is CC(C)(C)N(C(=O)O)C1CCC(F)(F)CC1. The first kappa shape index (κ1) is 13.2. The molecule has 0 bridgehead atoms. The van der Waals surface area contributed by atoms with Crippen molar-refractivity contribution in [2.24, 2.45) is 0 Å². The van der Waals surface area contributed by atoms with Crippen molar-refractivity contribution in [3.63, 3.8) is 0 Å². The van der Waals surface area contributed by atoms with E-state index in [2.05, 4.69) is 0 Å². The number of nitrogens with zero attached hydrogens (tertiary/aromatic N) is 1. The lowest BCUT2D eigenvalue weighted by Crippen LogP contribution is -2.53. The van der Waals surface area contributed by atoms with Gasteiger partial charge in [-0.25, -0.2) is 13.6 Å². The normalized spacial score (nSPS) is 21.8. The van der Waals surface area contributed by atoms with Gasteiger partial charge in [-0.3, -0.25) is 0 Å². The Kier molecular flexibility index (Phi) is 3.45. The maximum atomic E-state index is 13.0. The van der Waals surface area contributed by atoms with Crippen molar-refractivity contribution in [3.05, 3.63) is 0 Å². The van der Waals surface area contributed by atoms with E-state index in [1.165, 1.54) is 4.90 Å². The molecule has 0 radical (unpaired) electrons. The maximum absolute atomic E-state index is 13.0. The summed E-state index contributed by atoms with van der Waals surface area (Å²) < 4.78 is 25.9. The number of carboxylic acid groups (broad SMARTS) is 1. The van der Waals surface area contributed by atoms with Gasteiger partial charge in [0.1, 0.15) is 0 Å². The van der Waals surface area contributed by atoms with E-state index in [0.717, 1.165) is 0 Å². The standard InChI is InChI=1S/C11H19F2NO2/c1-10(2,3)14(9(15)16)8-4-6-11(12,13)7-5-8/h8H,4-7H2,1-3H3,(H,15,16). The quantitative estimate of drug-likeness (QED) is 0.757. The number of amides is 1. The lowest BCUT2D eigenvalue weighted by molar-refractivity contribution is -0.0600. The monoisotopic (exact) mass is 235 g/mol. The predicted octanol–water partition coefficient (Wildman–Crippen LogP) is 3.34. The summed E-state index contributed by atoms with van der Waals surface area (Å²) in [5, 5.41) is 9.13. The third-order valence-corrected chi connectivity index (χ3v) is 2.98. The molecule has 0 aromatic rings. The van der Waals surface area contributed by atoms with Crippen LogP contribution in [-0.2, 0) is 0 Å². The fraction of sp³-hybridized carbons (Fsp3) is 0.909. The molecule has 0 heterocycles. The second-order valence-corrected chi connectivity index (χ2v) is 5.41. The number of rotatable bonds is 1. The summed E-state index contributed by atoms with van der Waals surface area (Å²) in [5.41, 5.74) is -0.539. The highest BCUT2D eigenvalue weighted by molar-refractivity contribution is 5.66. The van der Waals surface area contributed by atoms with Crippen LogP contribution in [0.3, 0.4) is 0 Å². The Morgan fingerprint density at radius 3 is 2.06 bits per heavy atom. The Morgan fingerprint density at radius 2 is 1.75 bits per heavy atom. The first-order valence-corrected chi connectivity index (χ1v) is 5.53. The molecule has 5 heteroatoms. The minimum atomic E-state index is -2.61. The fourth-order valence-electron chi connectivity index (χ4n) is 2.27. The highest BCUT2D eigenvalue weighted by Gasteiger charge is 2.41. The Morgan fingerprint density at radius 1 is 1.31 bits per heavy atom. The van der Waals surface area contributed by atoms with Gasteiger partial charge in [0.2, 0.25) is 5.92 Å². The average molecular weight is 235 g/mol. The molecule has 1 saturated carbocycles. The fourth-order valence-corrected chi connectivity index (χ4v) is 2.27. The van der Waals surface area contributed by atoms with Gasteiger partial charge < -0.3 is 10.0 Å². The van der Waals surface area contributed by atoms with E-state index in [1.807, 2.05) is 0 Å². The molecule has 0 spiro atoms. The molecule has 0 aliphatic heterocycles. The molecule has 0 saturated heterocycles. The summed E-state index contributed by atoms with van der Waals surface area (Å²) in [6.45, 7) is 5.36. The summed E-state index contributed by atoms with van der Waals surface area (Å²) in [4.78, 5) is 12.5. The molecule has 0 atom stereocenters. The minimum absolute atomic E-state index is 0.211. The van der Waals surface area contributed by atoms with Gasteiger partial charge in [-0.05, 0) is 33.6 Å². The number of halogens is 2. The van der Waals surface area contributed by atoms with Gasteiger partial charge >= 0.3 is 6.09 Å². The van der Waals surface area contributed by atoms with E-state index in [9.17, 15) is 13.6 Å². The maximum Gasteiger partial charge on any atom is 0.407 e. The lowest BCUT2D eigenvalue weighted by atomic mass is 9.89. The highest BCUT2D eigenvalue weighted by atomic mass is 19.3. The zero-order chi connectivity index (χ0) is 12.6. The number of alkyl halides is 2. The number of carbonyl (C=O) groups is 1. The number of hydrogen-bond acceptors (Lipinski definition) is 1. The predicted molar refractivity (Wildman–Crippen MR) is 56.8 cm³/mol. The zero-order valence-corrected chi connectivity index (χ0v) is 9.96. The average Bonchev–Trinajstić information content (AvgIpc) is 2.05. The molecule has 0 unspecified atom stereocenters. The topological polar surface area (TPSA) is 40.5 Å². The molecular weight excluding hydrogens is 216 g/mol. The van der Waals surface area contributed by atoms with Crippen molar-refractivity contribution in [2.75, 3.05) is 0 Å². The van der Waals surface area contributed by atoms with Crippen LogP contribution < -0.4 is 0 Å². The Bertz CT molecular complexity index is 264. The van der Waals surface area contributed by atoms with Crippen LogP contribution in [0.1, 0.15) is 46.5 Å². The van der Waals surface area contributed by atoms with Crippen molar-refractivity contribution < 1.29 is 18.7 Å². The van der Waals surface area contributed by atoms with Crippen LogP contribution in [0.2, 0.25) is 0 Å². The first-order chi connectivity index (χ1) is 7.13. The molecule has 94 valence electrons. The summed E-state index contributed by atoms with van der Waals surface area (Å²) >= 11 is 0. The van der Waals surface area contributed by atoms with E-state index < -0.39 is 17.6 Å². The van der Waals surface area contributed by atoms with Gasteiger partial charge in [0.25, 0.3) is 0 Å². The van der Waals surface area contributed by atoms with Gasteiger partial charge in [0.15, 0.2) is 0 Å².